The highest BCUT2D eigenvalue weighted by Crippen LogP contribution is 2.31. The van der Waals surface area contributed by atoms with Gasteiger partial charge in [-0.15, -0.1) is 0 Å². The summed E-state index contributed by atoms with van der Waals surface area (Å²) in [6.45, 7) is 3.88. The number of hydrogen-bond acceptors (Lipinski definition) is 6. The maximum Gasteiger partial charge on any atom is 0.331 e. The van der Waals surface area contributed by atoms with Crippen LogP contribution in [0.5, 0.6) is 11.5 Å². The molecule has 8 nitrogen and oxygen atoms in total. The lowest BCUT2D eigenvalue weighted by molar-refractivity contribution is -0.148. The largest absolute Gasteiger partial charge is 0.486 e. The highest BCUT2D eigenvalue weighted by Gasteiger charge is 2.17. The predicted molar refractivity (Wildman–Crippen MR) is 111 cm³/mol. The number of hydrogen-bond donors (Lipinski definition) is 2. The minimum Gasteiger partial charge on any atom is -0.486 e. The van der Waals surface area contributed by atoms with Crippen LogP contribution < -0.4 is 20.1 Å². The summed E-state index contributed by atoms with van der Waals surface area (Å²) in [5, 5.41) is 5.29. The van der Waals surface area contributed by atoms with Crippen LogP contribution in [-0.2, 0) is 19.1 Å². The lowest BCUT2D eigenvalue weighted by Crippen LogP contribution is -2.29. The lowest BCUT2D eigenvalue weighted by Gasteiger charge is -2.18. The smallest absolute Gasteiger partial charge is 0.331 e. The van der Waals surface area contributed by atoms with Crippen molar-refractivity contribution in [2.75, 3.05) is 23.8 Å². The summed E-state index contributed by atoms with van der Waals surface area (Å²) in [7, 11) is 0. The minimum atomic E-state index is -0.988. The van der Waals surface area contributed by atoms with E-state index in [2.05, 4.69) is 10.6 Å². The third-order valence-electron chi connectivity index (χ3n) is 4.11. The van der Waals surface area contributed by atoms with E-state index >= 15 is 0 Å². The third kappa shape index (κ3) is 5.84. The molecule has 0 aromatic heterocycles. The molecular weight excluding hydrogens is 388 g/mol. The number of ether oxygens (including phenoxy) is 3. The molecule has 2 N–H and O–H groups in total. The van der Waals surface area contributed by atoms with Gasteiger partial charge in [0.1, 0.15) is 13.2 Å². The fraction of sp³-hybridized carbons (Fsp3) is 0.227. The second-order valence-electron chi connectivity index (χ2n) is 6.56. The van der Waals surface area contributed by atoms with Gasteiger partial charge in [-0.1, -0.05) is 6.07 Å². The van der Waals surface area contributed by atoms with Crippen molar-refractivity contribution in [1.29, 1.82) is 0 Å². The fourth-order valence-corrected chi connectivity index (χ4v) is 2.68. The van der Waals surface area contributed by atoms with Gasteiger partial charge in [-0.3, -0.25) is 9.59 Å². The normalized spacial score (nSPS) is 13.4. The Morgan fingerprint density at radius 2 is 1.60 bits per heavy atom. The summed E-state index contributed by atoms with van der Waals surface area (Å²) >= 11 is 0. The van der Waals surface area contributed by atoms with Crippen LogP contribution in [0.25, 0.3) is 6.08 Å². The molecule has 2 aromatic rings. The maximum absolute atomic E-state index is 12.2. The second kappa shape index (κ2) is 9.60. The number of fused-ring (bicyclic) bond motifs is 1. The molecule has 0 saturated carbocycles. The minimum absolute atomic E-state index is 0.184. The average Bonchev–Trinajstić information content (AvgIpc) is 2.73. The summed E-state index contributed by atoms with van der Waals surface area (Å²) in [4.78, 5) is 35.3. The average molecular weight is 410 g/mol. The molecule has 0 radical (unpaired) electrons. The number of nitrogens with one attached hydrogen (secondary N) is 2. The highest BCUT2D eigenvalue weighted by molar-refractivity contribution is 5.97. The van der Waals surface area contributed by atoms with Crippen LogP contribution in [0.3, 0.4) is 0 Å². The topological polar surface area (TPSA) is 103 Å². The molecule has 8 heteroatoms. The molecule has 0 aliphatic carbocycles. The zero-order valence-electron chi connectivity index (χ0n) is 16.6. The van der Waals surface area contributed by atoms with Crippen LogP contribution in [0.2, 0.25) is 0 Å². The van der Waals surface area contributed by atoms with Crippen LogP contribution in [0, 0.1) is 0 Å². The van der Waals surface area contributed by atoms with Crippen molar-refractivity contribution in [3.8, 4) is 11.5 Å². The summed E-state index contributed by atoms with van der Waals surface area (Å²) in [5.41, 5.74) is 1.88. The van der Waals surface area contributed by atoms with Crippen LogP contribution in [0.4, 0.5) is 11.4 Å². The summed E-state index contributed by atoms with van der Waals surface area (Å²) in [5.74, 6) is -0.0149. The Bertz CT molecular complexity index is 968. The van der Waals surface area contributed by atoms with Crippen LogP contribution in [-0.4, -0.2) is 37.1 Å². The zero-order valence-corrected chi connectivity index (χ0v) is 16.6. The van der Waals surface area contributed by atoms with Gasteiger partial charge in [-0.05, 0) is 55.0 Å². The van der Waals surface area contributed by atoms with Crippen molar-refractivity contribution in [3.05, 3.63) is 54.1 Å². The van der Waals surface area contributed by atoms with E-state index in [0.29, 0.717) is 36.1 Å². The quantitative estimate of drug-likeness (QED) is 0.561. The van der Waals surface area contributed by atoms with E-state index in [1.54, 1.807) is 48.5 Å². The van der Waals surface area contributed by atoms with Crippen molar-refractivity contribution in [3.63, 3.8) is 0 Å². The molecule has 0 spiro atoms. The van der Waals surface area contributed by atoms with E-state index < -0.39 is 18.0 Å². The molecule has 156 valence electrons. The van der Waals surface area contributed by atoms with Gasteiger partial charge in [0.25, 0.3) is 5.91 Å². The van der Waals surface area contributed by atoms with Gasteiger partial charge in [0.05, 0.1) is 0 Å². The first-order chi connectivity index (χ1) is 14.4. The third-order valence-corrected chi connectivity index (χ3v) is 4.11. The van der Waals surface area contributed by atoms with Gasteiger partial charge in [-0.25, -0.2) is 4.79 Å². The van der Waals surface area contributed by atoms with Gasteiger partial charge in [0.2, 0.25) is 5.91 Å². The molecule has 0 bridgehead atoms. The van der Waals surface area contributed by atoms with Crippen molar-refractivity contribution in [2.45, 2.75) is 20.0 Å². The fourth-order valence-electron chi connectivity index (χ4n) is 2.68. The molecule has 2 aromatic carbocycles. The molecular formula is C22H22N2O6. The summed E-state index contributed by atoms with van der Waals surface area (Å²) in [6, 6.07) is 11.9. The molecule has 1 aliphatic heterocycles. The van der Waals surface area contributed by atoms with Gasteiger partial charge >= 0.3 is 5.97 Å². The van der Waals surface area contributed by atoms with Crippen molar-refractivity contribution in [2.24, 2.45) is 0 Å². The second-order valence-corrected chi connectivity index (χ2v) is 6.56. The van der Waals surface area contributed by atoms with Crippen LogP contribution in [0.15, 0.2) is 48.5 Å². The number of carbonyl (C=O) groups excluding carboxylic acids is 3. The Morgan fingerprint density at radius 1 is 0.967 bits per heavy atom. The first-order valence-corrected chi connectivity index (χ1v) is 9.37. The monoisotopic (exact) mass is 410 g/mol. The molecule has 0 fully saturated rings. The molecule has 1 heterocycles. The van der Waals surface area contributed by atoms with Gasteiger partial charge in [-0.2, -0.15) is 0 Å². The number of rotatable bonds is 6. The molecule has 1 aliphatic rings. The molecule has 2 amide bonds. The SMILES string of the molecule is CC(=O)Nc1ccc(NC(=O)[C@H](C)OC(=O)/C=C/c2ccc3c(c2)OCCO3)cc1. The van der Waals surface area contributed by atoms with Crippen LogP contribution >= 0.6 is 0 Å². The number of esters is 1. The molecule has 0 saturated heterocycles. The maximum atomic E-state index is 12.2. The van der Waals surface area contributed by atoms with E-state index in [4.69, 9.17) is 14.2 Å². The summed E-state index contributed by atoms with van der Waals surface area (Å²) in [6.07, 6.45) is 1.83. The molecule has 0 unspecified atom stereocenters. The van der Waals surface area contributed by atoms with E-state index in [1.807, 2.05) is 0 Å². The van der Waals surface area contributed by atoms with Crippen molar-refractivity contribution in [1.82, 2.24) is 0 Å². The molecule has 1 atom stereocenters. The van der Waals surface area contributed by atoms with Crippen LogP contribution in [0.1, 0.15) is 19.4 Å². The molecule has 3 rings (SSSR count). The Morgan fingerprint density at radius 3 is 2.27 bits per heavy atom. The van der Waals surface area contributed by atoms with E-state index in [1.165, 1.54) is 19.9 Å². The van der Waals surface area contributed by atoms with E-state index in [0.717, 1.165) is 5.56 Å². The Balaban J connectivity index is 1.51. The number of amides is 2. The van der Waals surface area contributed by atoms with Gasteiger partial charge in [0.15, 0.2) is 17.6 Å². The summed E-state index contributed by atoms with van der Waals surface area (Å²) < 4.78 is 16.1. The Labute approximate surface area is 173 Å². The first kappa shape index (κ1) is 20.9. The standard InChI is InChI=1S/C22H22N2O6/c1-14(22(27)24-18-7-5-17(6-8-18)23-15(2)25)30-21(26)10-4-16-3-9-19-20(13-16)29-12-11-28-19/h3-10,13-14H,11-12H2,1-2H3,(H,23,25)(H,24,27)/b10-4+/t14-/m0/s1. The number of carbonyl (C=O) groups is 3. The number of benzene rings is 2. The van der Waals surface area contributed by atoms with Crippen molar-refractivity contribution < 1.29 is 28.6 Å². The van der Waals surface area contributed by atoms with E-state index in [-0.39, 0.29) is 5.91 Å². The van der Waals surface area contributed by atoms with E-state index in [9.17, 15) is 14.4 Å². The molecule has 30 heavy (non-hydrogen) atoms. The Kier molecular flexibility index (Phi) is 6.69. The van der Waals surface area contributed by atoms with Gasteiger partial charge < -0.3 is 24.8 Å². The highest BCUT2D eigenvalue weighted by atomic mass is 16.6. The predicted octanol–water partition coefficient (Wildman–Crippen LogP) is 3.00. The Hall–Kier alpha value is -3.81. The zero-order chi connectivity index (χ0) is 21.5. The van der Waals surface area contributed by atoms with Gasteiger partial charge in [0, 0.05) is 24.4 Å². The number of anilines is 2. The van der Waals surface area contributed by atoms with Crippen molar-refractivity contribution >= 4 is 35.2 Å². The lowest BCUT2D eigenvalue weighted by atomic mass is 10.2. The first-order valence-electron chi connectivity index (χ1n) is 9.37.